The van der Waals surface area contributed by atoms with Gasteiger partial charge < -0.3 is 10.6 Å². The monoisotopic (exact) mass is 492 g/mol. The Labute approximate surface area is 198 Å². The molecule has 3 aromatic carbocycles. The van der Waals surface area contributed by atoms with Crippen LogP contribution in [0.2, 0.25) is 5.02 Å². The van der Waals surface area contributed by atoms with E-state index < -0.39 is 22.9 Å². The first-order chi connectivity index (χ1) is 15.6. The van der Waals surface area contributed by atoms with Crippen molar-refractivity contribution >= 4 is 46.6 Å². The van der Waals surface area contributed by atoms with E-state index in [0.717, 1.165) is 29.5 Å². The molecule has 0 spiro atoms. The van der Waals surface area contributed by atoms with Crippen LogP contribution in [0, 0.1) is 0 Å². The molecule has 0 aliphatic carbocycles. The molecule has 1 atom stereocenters. The molecule has 0 radical (unpaired) electrons. The molecule has 172 valence electrons. The highest BCUT2D eigenvalue weighted by Gasteiger charge is 2.34. The van der Waals surface area contributed by atoms with Gasteiger partial charge in [-0.1, -0.05) is 48.0 Å². The van der Waals surface area contributed by atoms with Crippen molar-refractivity contribution < 1.29 is 22.8 Å². The van der Waals surface area contributed by atoms with Gasteiger partial charge in [0.05, 0.1) is 22.9 Å². The van der Waals surface area contributed by atoms with Crippen molar-refractivity contribution in [1.29, 1.82) is 0 Å². The number of anilines is 2. The molecule has 2 amide bonds. The summed E-state index contributed by atoms with van der Waals surface area (Å²) in [6.45, 7) is 1.59. The lowest BCUT2D eigenvalue weighted by atomic mass is 10.1. The molecule has 3 aromatic rings. The van der Waals surface area contributed by atoms with Crippen LogP contribution in [-0.2, 0) is 22.2 Å². The molecule has 0 aliphatic heterocycles. The third kappa shape index (κ3) is 7.27. The molecule has 33 heavy (non-hydrogen) atoms. The van der Waals surface area contributed by atoms with Gasteiger partial charge >= 0.3 is 6.18 Å². The molecule has 0 aliphatic rings. The normalized spacial score (nSPS) is 12.2. The molecule has 0 saturated heterocycles. The molecule has 0 heterocycles. The molecule has 1 unspecified atom stereocenters. The van der Waals surface area contributed by atoms with Crippen LogP contribution in [0.1, 0.15) is 18.1 Å². The maximum atomic E-state index is 13.3. The van der Waals surface area contributed by atoms with Crippen molar-refractivity contribution in [3.05, 3.63) is 88.9 Å². The highest BCUT2D eigenvalue weighted by Crippen LogP contribution is 2.37. The number of thioether (sulfide) groups is 1. The van der Waals surface area contributed by atoms with E-state index in [2.05, 4.69) is 10.6 Å². The quantitative estimate of drug-likeness (QED) is 0.363. The highest BCUT2D eigenvalue weighted by molar-refractivity contribution is 8.00. The lowest BCUT2D eigenvalue weighted by molar-refractivity contribution is -0.137. The summed E-state index contributed by atoms with van der Waals surface area (Å²) >= 11 is 6.84. The summed E-state index contributed by atoms with van der Waals surface area (Å²) in [5, 5.41) is 4.37. The zero-order valence-electron chi connectivity index (χ0n) is 17.4. The SMILES string of the molecule is CC(Sc1cccc(NC(=O)Cc2ccccc2)c1)C(=O)Nc1ccc(Cl)cc1C(F)(F)F. The summed E-state index contributed by atoms with van der Waals surface area (Å²) in [6.07, 6.45) is -4.43. The van der Waals surface area contributed by atoms with Crippen LogP contribution in [0.25, 0.3) is 0 Å². The molecule has 0 bridgehead atoms. The number of benzene rings is 3. The second kappa shape index (κ2) is 10.8. The standard InChI is InChI=1S/C24H20ClF3N2O2S/c1-15(23(32)30-21-11-10-17(25)13-20(21)24(26,27)28)33-19-9-5-8-18(14-19)29-22(31)12-16-6-3-2-4-7-16/h2-11,13-15H,12H2,1H3,(H,29,31)(H,30,32). The maximum Gasteiger partial charge on any atom is 0.418 e. The fourth-order valence-corrected chi connectivity index (χ4v) is 4.08. The summed E-state index contributed by atoms with van der Waals surface area (Å²) in [5.41, 5.74) is 0.0757. The molecule has 2 N–H and O–H groups in total. The van der Waals surface area contributed by atoms with E-state index in [1.165, 1.54) is 6.07 Å². The van der Waals surface area contributed by atoms with E-state index in [-0.39, 0.29) is 23.0 Å². The molecule has 0 fully saturated rings. The van der Waals surface area contributed by atoms with Crippen LogP contribution in [0.3, 0.4) is 0 Å². The summed E-state index contributed by atoms with van der Waals surface area (Å²) in [6, 6.07) is 19.4. The lowest BCUT2D eigenvalue weighted by Gasteiger charge is -2.17. The smallest absolute Gasteiger partial charge is 0.326 e. The van der Waals surface area contributed by atoms with Crippen LogP contribution in [0.15, 0.2) is 77.7 Å². The van der Waals surface area contributed by atoms with Crippen LogP contribution in [0.4, 0.5) is 24.5 Å². The zero-order chi connectivity index (χ0) is 24.0. The van der Waals surface area contributed by atoms with Gasteiger partial charge in [-0.3, -0.25) is 9.59 Å². The Balaban J connectivity index is 1.63. The average Bonchev–Trinajstić information content (AvgIpc) is 2.75. The first kappa shape index (κ1) is 24.7. The summed E-state index contributed by atoms with van der Waals surface area (Å²) < 4.78 is 39.8. The van der Waals surface area contributed by atoms with Crippen LogP contribution in [0.5, 0.6) is 0 Å². The predicted octanol–water partition coefficient (Wildman–Crippen LogP) is 6.66. The fraction of sp³-hybridized carbons (Fsp3) is 0.167. The van der Waals surface area contributed by atoms with Gasteiger partial charge in [-0.25, -0.2) is 0 Å². The van der Waals surface area contributed by atoms with Crippen LogP contribution in [-0.4, -0.2) is 17.1 Å². The number of rotatable bonds is 7. The van der Waals surface area contributed by atoms with Gasteiger partial charge in [0.1, 0.15) is 0 Å². The minimum Gasteiger partial charge on any atom is -0.326 e. The molecule has 9 heteroatoms. The number of alkyl halides is 3. The maximum absolute atomic E-state index is 13.3. The van der Waals surface area contributed by atoms with Crippen molar-refractivity contribution in [1.82, 2.24) is 0 Å². The van der Waals surface area contributed by atoms with Gasteiger partial charge in [-0.15, -0.1) is 11.8 Å². The Morgan fingerprint density at radius 2 is 1.70 bits per heavy atom. The number of carbonyl (C=O) groups is 2. The van der Waals surface area contributed by atoms with Gasteiger partial charge in [-0.05, 0) is 48.9 Å². The van der Waals surface area contributed by atoms with Crippen LogP contribution >= 0.6 is 23.4 Å². The number of halogens is 4. The molecule has 0 aromatic heterocycles. The Hall–Kier alpha value is -2.97. The highest BCUT2D eigenvalue weighted by atomic mass is 35.5. The second-order valence-electron chi connectivity index (χ2n) is 7.18. The molecule has 0 saturated carbocycles. The van der Waals surface area contributed by atoms with Gasteiger partial charge in [0.25, 0.3) is 0 Å². The van der Waals surface area contributed by atoms with E-state index in [1.807, 2.05) is 30.3 Å². The van der Waals surface area contributed by atoms with E-state index in [4.69, 9.17) is 11.6 Å². The number of hydrogen-bond acceptors (Lipinski definition) is 3. The first-order valence-electron chi connectivity index (χ1n) is 9.90. The Kier molecular flexibility index (Phi) is 8.05. The van der Waals surface area contributed by atoms with Crippen molar-refractivity contribution in [3.63, 3.8) is 0 Å². The predicted molar refractivity (Wildman–Crippen MR) is 126 cm³/mol. The van der Waals surface area contributed by atoms with Crippen molar-refractivity contribution in [2.24, 2.45) is 0 Å². The van der Waals surface area contributed by atoms with E-state index in [0.29, 0.717) is 10.6 Å². The fourth-order valence-electron chi connectivity index (χ4n) is 2.99. The minimum absolute atomic E-state index is 0.0751. The molecular formula is C24H20ClF3N2O2S. The van der Waals surface area contributed by atoms with E-state index in [9.17, 15) is 22.8 Å². The summed E-state index contributed by atoms with van der Waals surface area (Å²) in [4.78, 5) is 25.5. The molecule has 4 nitrogen and oxygen atoms in total. The first-order valence-corrected chi connectivity index (χ1v) is 11.2. The van der Waals surface area contributed by atoms with Gasteiger partial charge in [-0.2, -0.15) is 13.2 Å². The number of amides is 2. The summed E-state index contributed by atoms with van der Waals surface area (Å²) in [7, 11) is 0. The molecule has 3 rings (SSSR count). The Morgan fingerprint density at radius 1 is 0.970 bits per heavy atom. The van der Waals surface area contributed by atoms with Crippen molar-refractivity contribution in [2.75, 3.05) is 10.6 Å². The van der Waals surface area contributed by atoms with E-state index in [1.54, 1.807) is 31.2 Å². The van der Waals surface area contributed by atoms with Crippen LogP contribution < -0.4 is 10.6 Å². The summed E-state index contributed by atoms with van der Waals surface area (Å²) in [5.74, 6) is -0.775. The topological polar surface area (TPSA) is 58.2 Å². The zero-order valence-corrected chi connectivity index (χ0v) is 19.0. The van der Waals surface area contributed by atoms with Crippen molar-refractivity contribution in [2.45, 2.75) is 29.7 Å². The lowest BCUT2D eigenvalue weighted by Crippen LogP contribution is -2.24. The number of hydrogen-bond donors (Lipinski definition) is 2. The average molecular weight is 493 g/mol. The third-order valence-corrected chi connectivity index (χ3v) is 5.88. The van der Waals surface area contributed by atoms with Gasteiger partial charge in [0.15, 0.2) is 0 Å². The largest absolute Gasteiger partial charge is 0.418 e. The Morgan fingerprint density at radius 3 is 2.39 bits per heavy atom. The van der Waals surface area contributed by atoms with Gasteiger partial charge in [0.2, 0.25) is 11.8 Å². The minimum atomic E-state index is -4.66. The Bertz CT molecular complexity index is 1140. The number of carbonyl (C=O) groups excluding carboxylic acids is 2. The number of nitrogens with one attached hydrogen (secondary N) is 2. The van der Waals surface area contributed by atoms with Gasteiger partial charge in [0, 0.05) is 15.6 Å². The second-order valence-corrected chi connectivity index (χ2v) is 9.03. The molecular weight excluding hydrogens is 473 g/mol. The van der Waals surface area contributed by atoms with Crippen molar-refractivity contribution in [3.8, 4) is 0 Å². The van der Waals surface area contributed by atoms with E-state index >= 15 is 0 Å². The third-order valence-electron chi connectivity index (χ3n) is 4.55.